The van der Waals surface area contributed by atoms with Gasteiger partial charge in [-0.05, 0) is 25.7 Å². The Morgan fingerprint density at radius 2 is 1.94 bits per heavy atom. The molecule has 4 heteroatoms. The predicted molar refractivity (Wildman–Crippen MR) is 73.2 cm³/mol. The number of rotatable bonds is 4. The summed E-state index contributed by atoms with van der Waals surface area (Å²) < 4.78 is 1.96. The van der Waals surface area contributed by atoms with E-state index in [-0.39, 0.29) is 6.04 Å². The van der Waals surface area contributed by atoms with E-state index in [0.29, 0.717) is 5.92 Å². The Balaban J connectivity index is 1.91. The second kappa shape index (κ2) is 6.88. The van der Waals surface area contributed by atoms with Gasteiger partial charge < -0.3 is 5.73 Å². The number of hydrogen-bond donors (Lipinski definition) is 1. The third-order valence-corrected chi connectivity index (χ3v) is 4.17. The molecule has 1 atom stereocenters. The predicted octanol–water partition coefficient (Wildman–Crippen LogP) is 2.53. The summed E-state index contributed by atoms with van der Waals surface area (Å²) in [5.41, 5.74) is 6.40. The Labute approximate surface area is 110 Å². The number of nitrogens with two attached hydrogens (primary N) is 1. The molecule has 1 aliphatic carbocycles. The van der Waals surface area contributed by atoms with Gasteiger partial charge in [-0.25, -0.2) is 4.98 Å². The van der Waals surface area contributed by atoms with Crippen molar-refractivity contribution >= 4 is 0 Å². The minimum Gasteiger partial charge on any atom is -0.327 e. The van der Waals surface area contributed by atoms with Gasteiger partial charge in [0.05, 0.1) is 0 Å². The van der Waals surface area contributed by atoms with Crippen LogP contribution in [0.1, 0.15) is 57.7 Å². The molecule has 1 aliphatic rings. The van der Waals surface area contributed by atoms with E-state index in [9.17, 15) is 0 Å². The van der Waals surface area contributed by atoms with E-state index in [2.05, 4.69) is 17.0 Å². The van der Waals surface area contributed by atoms with Crippen LogP contribution in [0, 0.1) is 5.92 Å². The first-order valence-electron chi connectivity index (χ1n) is 7.43. The highest BCUT2D eigenvalue weighted by molar-refractivity contribution is 4.91. The van der Waals surface area contributed by atoms with Gasteiger partial charge in [-0.15, -0.1) is 0 Å². The van der Waals surface area contributed by atoms with Gasteiger partial charge in [-0.1, -0.05) is 32.1 Å². The second-order valence-electron chi connectivity index (χ2n) is 5.47. The van der Waals surface area contributed by atoms with Gasteiger partial charge in [0, 0.05) is 19.0 Å². The highest BCUT2D eigenvalue weighted by Crippen LogP contribution is 2.25. The molecule has 0 bridgehead atoms. The van der Waals surface area contributed by atoms with Crippen molar-refractivity contribution < 1.29 is 0 Å². The lowest BCUT2D eigenvalue weighted by Gasteiger charge is -2.25. The van der Waals surface area contributed by atoms with Gasteiger partial charge in [0.1, 0.15) is 12.2 Å². The first-order chi connectivity index (χ1) is 8.81. The van der Waals surface area contributed by atoms with Crippen LogP contribution in [-0.2, 0) is 13.0 Å². The third kappa shape index (κ3) is 3.55. The van der Waals surface area contributed by atoms with E-state index < -0.39 is 0 Å². The van der Waals surface area contributed by atoms with Crippen molar-refractivity contribution in [2.24, 2.45) is 11.7 Å². The van der Waals surface area contributed by atoms with E-state index in [1.54, 1.807) is 6.33 Å². The maximum Gasteiger partial charge on any atom is 0.138 e. The monoisotopic (exact) mass is 250 g/mol. The number of hydrogen-bond acceptors (Lipinski definition) is 3. The van der Waals surface area contributed by atoms with E-state index in [1.807, 2.05) is 4.68 Å². The molecule has 0 radical (unpaired) electrons. The molecular formula is C14H26N4. The van der Waals surface area contributed by atoms with Crippen LogP contribution in [0.3, 0.4) is 0 Å². The van der Waals surface area contributed by atoms with Gasteiger partial charge in [0.15, 0.2) is 0 Å². The maximum absolute atomic E-state index is 6.40. The highest BCUT2D eigenvalue weighted by atomic mass is 15.3. The fourth-order valence-electron chi connectivity index (χ4n) is 3.00. The zero-order valence-corrected chi connectivity index (χ0v) is 11.5. The fourth-order valence-corrected chi connectivity index (χ4v) is 3.00. The summed E-state index contributed by atoms with van der Waals surface area (Å²) in [5, 5.41) is 4.22. The molecule has 0 aliphatic heterocycles. The topological polar surface area (TPSA) is 56.7 Å². The Morgan fingerprint density at radius 1 is 1.28 bits per heavy atom. The number of aryl methyl sites for hydroxylation is 1. The SMILES string of the molecule is CCn1ncnc1CC(N)C1CCCCCCC1. The van der Waals surface area contributed by atoms with Crippen molar-refractivity contribution in [2.45, 2.75) is 70.9 Å². The summed E-state index contributed by atoms with van der Waals surface area (Å²) in [7, 11) is 0. The van der Waals surface area contributed by atoms with E-state index >= 15 is 0 Å². The molecule has 1 aromatic rings. The normalized spacial score (nSPS) is 20.3. The van der Waals surface area contributed by atoms with Crippen molar-refractivity contribution in [1.82, 2.24) is 14.8 Å². The summed E-state index contributed by atoms with van der Waals surface area (Å²) in [6.45, 7) is 2.98. The molecular weight excluding hydrogens is 224 g/mol. The van der Waals surface area contributed by atoms with Crippen molar-refractivity contribution in [1.29, 1.82) is 0 Å². The van der Waals surface area contributed by atoms with Crippen LogP contribution in [-0.4, -0.2) is 20.8 Å². The molecule has 2 N–H and O–H groups in total. The molecule has 0 amide bonds. The van der Waals surface area contributed by atoms with Crippen LogP contribution in [0.2, 0.25) is 0 Å². The van der Waals surface area contributed by atoms with E-state index in [4.69, 9.17) is 5.73 Å². The molecule has 4 nitrogen and oxygen atoms in total. The molecule has 1 unspecified atom stereocenters. The molecule has 0 saturated heterocycles. The van der Waals surface area contributed by atoms with Crippen molar-refractivity contribution in [3.63, 3.8) is 0 Å². The van der Waals surface area contributed by atoms with E-state index in [1.165, 1.54) is 44.9 Å². The molecule has 1 aromatic heterocycles. The quantitative estimate of drug-likeness (QED) is 0.893. The minimum absolute atomic E-state index is 0.248. The van der Waals surface area contributed by atoms with E-state index in [0.717, 1.165) is 18.8 Å². The van der Waals surface area contributed by atoms with Crippen LogP contribution < -0.4 is 5.73 Å². The van der Waals surface area contributed by atoms with Crippen LogP contribution in [0.4, 0.5) is 0 Å². The molecule has 1 heterocycles. The molecule has 0 spiro atoms. The Hall–Kier alpha value is -0.900. The highest BCUT2D eigenvalue weighted by Gasteiger charge is 2.20. The third-order valence-electron chi connectivity index (χ3n) is 4.17. The zero-order valence-electron chi connectivity index (χ0n) is 11.5. The van der Waals surface area contributed by atoms with Gasteiger partial charge in [0.25, 0.3) is 0 Å². The van der Waals surface area contributed by atoms with Gasteiger partial charge in [-0.3, -0.25) is 4.68 Å². The number of aromatic nitrogens is 3. The molecule has 0 aromatic carbocycles. The molecule has 18 heavy (non-hydrogen) atoms. The lowest BCUT2D eigenvalue weighted by Crippen LogP contribution is -2.34. The first kappa shape index (κ1) is 13.5. The molecule has 2 rings (SSSR count). The summed E-state index contributed by atoms with van der Waals surface area (Å²) in [4.78, 5) is 4.34. The average Bonchev–Trinajstić information content (AvgIpc) is 2.75. The molecule has 1 saturated carbocycles. The van der Waals surface area contributed by atoms with Crippen LogP contribution in [0.5, 0.6) is 0 Å². The van der Waals surface area contributed by atoms with Crippen molar-refractivity contribution in [3.05, 3.63) is 12.2 Å². The van der Waals surface area contributed by atoms with Crippen molar-refractivity contribution in [2.75, 3.05) is 0 Å². The summed E-state index contributed by atoms with van der Waals surface area (Å²) in [6.07, 6.45) is 12.0. The molecule has 1 fully saturated rings. The molecule has 102 valence electrons. The minimum atomic E-state index is 0.248. The van der Waals surface area contributed by atoms with Crippen LogP contribution in [0.15, 0.2) is 6.33 Å². The largest absolute Gasteiger partial charge is 0.327 e. The van der Waals surface area contributed by atoms with Gasteiger partial charge >= 0.3 is 0 Å². The van der Waals surface area contributed by atoms with Gasteiger partial charge in [0.2, 0.25) is 0 Å². The standard InChI is InChI=1S/C14H26N4/c1-2-18-14(16-11-17-18)10-13(15)12-8-6-4-3-5-7-9-12/h11-13H,2-10,15H2,1H3. The summed E-state index contributed by atoms with van der Waals surface area (Å²) in [6, 6.07) is 0.248. The Kier molecular flexibility index (Phi) is 5.17. The van der Waals surface area contributed by atoms with Crippen LogP contribution in [0.25, 0.3) is 0 Å². The second-order valence-corrected chi connectivity index (χ2v) is 5.47. The Morgan fingerprint density at radius 3 is 2.61 bits per heavy atom. The van der Waals surface area contributed by atoms with Gasteiger partial charge in [-0.2, -0.15) is 5.10 Å². The summed E-state index contributed by atoms with van der Waals surface area (Å²) in [5.74, 6) is 1.72. The lowest BCUT2D eigenvalue weighted by molar-refractivity contribution is 0.317. The summed E-state index contributed by atoms with van der Waals surface area (Å²) >= 11 is 0. The first-order valence-corrected chi connectivity index (χ1v) is 7.43. The van der Waals surface area contributed by atoms with Crippen molar-refractivity contribution in [3.8, 4) is 0 Å². The number of nitrogens with zero attached hydrogens (tertiary/aromatic N) is 3. The zero-order chi connectivity index (χ0) is 12.8. The average molecular weight is 250 g/mol. The maximum atomic E-state index is 6.40. The lowest BCUT2D eigenvalue weighted by atomic mass is 9.85. The smallest absolute Gasteiger partial charge is 0.138 e. The fraction of sp³-hybridized carbons (Fsp3) is 0.857. The van der Waals surface area contributed by atoms with Crippen LogP contribution >= 0.6 is 0 Å². The Bertz CT molecular complexity index is 339.